The number of thioether (sulfide) groups is 1. The van der Waals surface area contributed by atoms with Gasteiger partial charge in [0.15, 0.2) is 0 Å². The molecule has 28 heavy (non-hydrogen) atoms. The van der Waals surface area contributed by atoms with Gasteiger partial charge in [-0.1, -0.05) is 48.2 Å². The van der Waals surface area contributed by atoms with Crippen LogP contribution < -0.4 is 9.64 Å². The zero-order chi connectivity index (χ0) is 19.7. The van der Waals surface area contributed by atoms with Crippen molar-refractivity contribution in [3.05, 3.63) is 70.3 Å². The molecule has 0 aliphatic carbocycles. The summed E-state index contributed by atoms with van der Waals surface area (Å²) in [5.74, 6) is 1.19. The van der Waals surface area contributed by atoms with Gasteiger partial charge in [0.25, 0.3) is 0 Å². The molecular weight excluding hydrogens is 370 g/mol. The quantitative estimate of drug-likeness (QED) is 0.784. The number of anilines is 1. The number of aryl methyl sites for hydroxylation is 1. The smallest absolute Gasteiger partial charge is 0.229 e. The number of fused-ring (bicyclic) bond motifs is 1. The first-order chi connectivity index (χ1) is 13.6. The van der Waals surface area contributed by atoms with Crippen molar-refractivity contribution in [1.82, 2.24) is 4.90 Å². The van der Waals surface area contributed by atoms with Gasteiger partial charge in [-0.2, -0.15) is 5.26 Å². The van der Waals surface area contributed by atoms with Crippen LogP contribution in [-0.2, 0) is 4.79 Å². The van der Waals surface area contributed by atoms with Gasteiger partial charge in [-0.15, -0.1) is 0 Å². The monoisotopic (exact) mass is 391 g/mol. The third kappa shape index (κ3) is 3.12. The fraction of sp³-hybridized carbons (Fsp3) is 0.273. The number of carbonyl (C=O) groups is 1. The molecule has 1 atom stereocenters. The van der Waals surface area contributed by atoms with Crippen LogP contribution in [0.25, 0.3) is 0 Å². The molecule has 0 saturated carbocycles. The molecule has 0 bridgehead atoms. The SMILES string of the molecule is COc1ccccc1[C@H]1CC(=O)N2CN(c3ccccc3C)CSC2=C1C#N. The molecule has 1 amide bonds. The average molecular weight is 391 g/mol. The molecule has 1 saturated heterocycles. The fourth-order valence-corrected chi connectivity index (χ4v) is 5.01. The summed E-state index contributed by atoms with van der Waals surface area (Å²) in [4.78, 5) is 17.0. The molecule has 0 radical (unpaired) electrons. The molecule has 0 spiro atoms. The van der Waals surface area contributed by atoms with Crippen LogP contribution in [0.3, 0.4) is 0 Å². The molecule has 2 heterocycles. The third-order valence-corrected chi connectivity index (χ3v) is 6.42. The number of nitrogens with zero attached hydrogens (tertiary/aromatic N) is 3. The second-order valence-corrected chi connectivity index (χ2v) is 7.83. The van der Waals surface area contributed by atoms with Crippen LogP contribution in [-0.4, -0.2) is 30.5 Å². The highest BCUT2D eigenvalue weighted by Gasteiger charge is 2.39. The Morgan fingerprint density at radius 1 is 1.18 bits per heavy atom. The minimum Gasteiger partial charge on any atom is -0.496 e. The number of rotatable bonds is 3. The van der Waals surface area contributed by atoms with E-state index in [9.17, 15) is 10.1 Å². The number of amides is 1. The predicted molar refractivity (Wildman–Crippen MR) is 111 cm³/mol. The van der Waals surface area contributed by atoms with Crippen LogP contribution in [0.4, 0.5) is 5.69 Å². The van der Waals surface area contributed by atoms with Gasteiger partial charge in [0.1, 0.15) is 5.75 Å². The van der Waals surface area contributed by atoms with Gasteiger partial charge >= 0.3 is 0 Å². The van der Waals surface area contributed by atoms with Crippen molar-refractivity contribution in [2.75, 3.05) is 24.6 Å². The molecule has 2 aliphatic heterocycles. The first kappa shape index (κ1) is 18.5. The Balaban J connectivity index is 1.71. The molecule has 0 aromatic heterocycles. The molecule has 4 rings (SSSR count). The van der Waals surface area contributed by atoms with Crippen molar-refractivity contribution < 1.29 is 9.53 Å². The normalized spacial score (nSPS) is 19.3. The van der Waals surface area contributed by atoms with E-state index in [0.717, 1.165) is 16.3 Å². The van der Waals surface area contributed by atoms with Gasteiger partial charge in [0, 0.05) is 23.6 Å². The van der Waals surface area contributed by atoms with Crippen molar-refractivity contribution in [3.63, 3.8) is 0 Å². The van der Waals surface area contributed by atoms with Crippen LogP contribution in [0.15, 0.2) is 59.1 Å². The second kappa shape index (κ2) is 7.61. The molecule has 6 heteroatoms. The lowest BCUT2D eigenvalue weighted by molar-refractivity contribution is -0.129. The van der Waals surface area contributed by atoms with Crippen molar-refractivity contribution in [2.45, 2.75) is 19.3 Å². The fourth-order valence-electron chi connectivity index (χ4n) is 3.85. The Hall–Kier alpha value is -2.91. The molecule has 5 nitrogen and oxygen atoms in total. The molecule has 2 aromatic carbocycles. The standard InChI is InChI=1S/C22H21N3O2S/c1-15-7-3-5-9-19(15)24-13-25-21(26)11-17(18(12-23)22(25)28-14-24)16-8-4-6-10-20(16)27-2/h3-10,17H,11,13-14H2,1-2H3/t17-/m1/s1. The van der Waals surface area contributed by atoms with Crippen LogP contribution in [0, 0.1) is 18.3 Å². The number of benzene rings is 2. The summed E-state index contributed by atoms with van der Waals surface area (Å²) >= 11 is 1.55. The highest BCUT2D eigenvalue weighted by molar-refractivity contribution is 8.03. The molecule has 0 N–H and O–H groups in total. The molecular formula is C22H21N3O2S. The van der Waals surface area contributed by atoms with E-state index in [1.165, 1.54) is 5.56 Å². The van der Waals surface area contributed by atoms with Gasteiger partial charge < -0.3 is 9.64 Å². The number of hydrogen-bond acceptors (Lipinski definition) is 5. The van der Waals surface area contributed by atoms with Gasteiger partial charge in [-0.3, -0.25) is 9.69 Å². The zero-order valence-corrected chi connectivity index (χ0v) is 16.7. The zero-order valence-electron chi connectivity index (χ0n) is 15.9. The first-order valence-electron chi connectivity index (χ1n) is 9.15. The Bertz CT molecular complexity index is 995. The summed E-state index contributed by atoms with van der Waals surface area (Å²) in [6.45, 7) is 2.54. The molecule has 2 aliphatic rings. The summed E-state index contributed by atoms with van der Waals surface area (Å²) in [6, 6.07) is 18.2. The highest BCUT2D eigenvalue weighted by Crippen LogP contribution is 2.45. The topological polar surface area (TPSA) is 56.6 Å². The number of methoxy groups -OCH3 is 1. The van der Waals surface area contributed by atoms with E-state index < -0.39 is 0 Å². The van der Waals surface area contributed by atoms with Gasteiger partial charge in [0.2, 0.25) is 5.91 Å². The van der Waals surface area contributed by atoms with Crippen molar-refractivity contribution >= 4 is 23.4 Å². The lowest BCUT2D eigenvalue weighted by atomic mass is 9.86. The predicted octanol–water partition coefficient (Wildman–Crippen LogP) is 4.22. The van der Waals surface area contributed by atoms with Crippen molar-refractivity contribution in [2.24, 2.45) is 0 Å². The summed E-state index contributed by atoms with van der Waals surface area (Å²) in [5.41, 5.74) is 3.84. The Morgan fingerprint density at radius 2 is 1.93 bits per heavy atom. The van der Waals surface area contributed by atoms with Gasteiger partial charge in [-0.25, -0.2) is 0 Å². The number of nitriles is 1. The second-order valence-electron chi connectivity index (χ2n) is 6.89. The van der Waals surface area contributed by atoms with Crippen LogP contribution in [0.5, 0.6) is 5.75 Å². The van der Waals surface area contributed by atoms with E-state index in [1.54, 1.807) is 23.8 Å². The lowest BCUT2D eigenvalue weighted by Crippen LogP contribution is -2.47. The first-order valence-corrected chi connectivity index (χ1v) is 10.1. The molecule has 2 aromatic rings. The Labute approximate surface area is 169 Å². The number of allylic oxidation sites excluding steroid dienone is 1. The molecule has 1 fully saturated rings. The molecule has 0 unspecified atom stereocenters. The summed E-state index contributed by atoms with van der Waals surface area (Å²) in [5, 5.41) is 10.7. The van der Waals surface area contributed by atoms with Crippen molar-refractivity contribution in [3.8, 4) is 11.8 Å². The van der Waals surface area contributed by atoms with Crippen LogP contribution in [0.1, 0.15) is 23.5 Å². The van der Waals surface area contributed by atoms with Crippen LogP contribution in [0.2, 0.25) is 0 Å². The largest absolute Gasteiger partial charge is 0.496 e. The number of para-hydroxylation sites is 2. The van der Waals surface area contributed by atoms with E-state index in [1.807, 2.05) is 36.4 Å². The Kier molecular flexibility index (Phi) is 5.01. The van der Waals surface area contributed by atoms with E-state index in [0.29, 0.717) is 23.9 Å². The Morgan fingerprint density at radius 3 is 2.68 bits per heavy atom. The minimum atomic E-state index is -0.266. The van der Waals surface area contributed by atoms with E-state index in [4.69, 9.17) is 4.74 Å². The summed E-state index contributed by atoms with van der Waals surface area (Å²) in [7, 11) is 1.62. The number of hydrogen-bond donors (Lipinski definition) is 0. The van der Waals surface area contributed by atoms with E-state index in [2.05, 4.69) is 30.0 Å². The molecule has 142 valence electrons. The van der Waals surface area contributed by atoms with E-state index in [-0.39, 0.29) is 18.2 Å². The summed E-state index contributed by atoms with van der Waals surface area (Å²) < 4.78 is 5.48. The van der Waals surface area contributed by atoms with E-state index >= 15 is 0 Å². The number of carbonyl (C=O) groups excluding carboxylic acids is 1. The van der Waals surface area contributed by atoms with Gasteiger partial charge in [-0.05, 0) is 24.6 Å². The van der Waals surface area contributed by atoms with Crippen molar-refractivity contribution in [1.29, 1.82) is 5.26 Å². The maximum atomic E-state index is 13.0. The lowest BCUT2D eigenvalue weighted by Gasteiger charge is -2.42. The third-order valence-electron chi connectivity index (χ3n) is 5.26. The summed E-state index contributed by atoms with van der Waals surface area (Å²) in [6.07, 6.45) is 0.273. The average Bonchev–Trinajstić information content (AvgIpc) is 2.74. The maximum Gasteiger partial charge on any atom is 0.229 e. The highest BCUT2D eigenvalue weighted by atomic mass is 32.2. The van der Waals surface area contributed by atoms with Crippen LogP contribution >= 0.6 is 11.8 Å². The minimum absolute atomic E-state index is 0.0377. The van der Waals surface area contributed by atoms with Gasteiger partial charge in [0.05, 0.1) is 36.3 Å². The number of ether oxygens (including phenoxy) is 1. The maximum absolute atomic E-state index is 13.0.